The number of para-hydroxylation sites is 3. The van der Waals surface area contributed by atoms with Crippen LogP contribution in [0, 0.1) is 0 Å². The van der Waals surface area contributed by atoms with Crippen LogP contribution in [0.25, 0.3) is 77.9 Å². The maximum absolute atomic E-state index is 2.49. The van der Waals surface area contributed by atoms with Crippen LogP contribution in [0.4, 0.5) is 51.2 Å². The Kier molecular flexibility index (Phi) is 20.3. The summed E-state index contributed by atoms with van der Waals surface area (Å²) < 4.78 is 0. The van der Waals surface area contributed by atoms with E-state index < -0.39 is 16.2 Å². The van der Waals surface area contributed by atoms with Crippen molar-refractivity contribution in [3.8, 4) is 77.9 Å². The van der Waals surface area contributed by atoms with Crippen LogP contribution in [0.3, 0.4) is 0 Å². The quantitative estimate of drug-likeness (QED) is 0.101. The first-order valence-electron chi connectivity index (χ1n) is 47.0. The van der Waals surface area contributed by atoms with Crippen LogP contribution in [0.1, 0.15) is 91.7 Å². The molecule has 21 aromatic rings. The van der Waals surface area contributed by atoms with Gasteiger partial charge in [0.1, 0.15) is 0 Å². The van der Waals surface area contributed by atoms with Gasteiger partial charge in [0, 0.05) is 56.6 Å². The second kappa shape index (κ2) is 33.8. The Balaban J connectivity index is 0.000000113. The van der Waals surface area contributed by atoms with E-state index in [0.717, 1.165) is 51.2 Å². The average molecular weight is 1720 g/mol. The Morgan fingerprint density at radius 3 is 0.593 bits per heavy atom. The van der Waals surface area contributed by atoms with E-state index in [9.17, 15) is 0 Å². The van der Waals surface area contributed by atoms with Gasteiger partial charge in [-0.1, -0.05) is 445 Å². The topological polar surface area (TPSA) is 9.72 Å². The molecule has 638 valence electrons. The van der Waals surface area contributed by atoms with Crippen molar-refractivity contribution in [2.24, 2.45) is 0 Å². The van der Waals surface area contributed by atoms with E-state index in [1.165, 1.54) is 156 Å². The van der Waals surface area contributed by atoms with Crippen molar-refractivity contribution >= 4 is 51.2 Å². The highest BCUT2D eigenvalue weighted by Crippen LogP contribution is 2.65. The van der Waals surface area contributed by atoms with E-state index in [1.807, 2.05) is 0 Å². The summed E-state index contributed by atoms with van der Waals surface area (Å²) in [5.41, 5.74) is 45.4. The Morgan fingerprint density at radius 1 is 0.126 bits per heavy atom. The van der Waals surface area contributed by atoms with Gasteiger partial charge in [0.15, 0.2) is 0 Å². The first-order valence-corrected chi connectivity index (χ1v) is 47.0. The molecule has 0 atom stereocenters. The molecule has 0 radical (unpaired) electrons. The van der Waals surface area contributed by atoms with Crippen LogP contribution in [0.2, 0.25) is 0 Å². The van der Waals surface area contributed by atoms with Gasteiger partial charge in [-0.15, -0.1) is 0 Å². The van der Waals surface area contributed by atoms with Crippen molar-refractivity contribution in [1.82, 2.24) is 0 Å². The lowest BCUT2D eigenvalue weighted by molar-refractivity contribution is 0.660. The number of fused-ring (bicyclic) bond motifs is 19. The maximum atomic E-state index is 2.49. The van der Waals surface area contributed by atoms with Crippen molar-refractivity contribution in [2.45, 2.75) is 35.5 Å². The first kappa shape index (κ1) is 81.3. The summed E-state index contributed by atoms with van der Waals surface area (Å²) in [5.74, 6) is 0. The largest absolute Gasteiger partial charge is 0.310 e. The number of hydrogen-bond acceptors (Lipinski definition) is 3. The molecule has 3 nitrogen and oxygen atoms in total. The maximum Gasteiger partial charge on any atom is 0.0726 e. The Hall–Kier alpha value is -17.0. The minimum atomic E-state index is -0.440. The third-order valence-corrected chi connectivity index (χ3v) is 29.0. The highest BCUT2D eigenvalue weighted by Gasteiger charge is 2.53. The normalized spacial score (nSPS) is 13.5. The molecule has 0 bridgehead atoms. The minimum absolute atomic E-state index is 0.105. The summed E-state index contributed by atoms with van der Waals surface area (Å²) in [4.78, 5) is 7.20. The van der Waals surface area contributed by atoms with Gasteiger partial charge in [0.25, 0.3) is 0 Å². The van der Waals surface area contributed by atoms with Crippen LogP contribution in [0.5, 0.6) is 0 Å². The molecule has 1 spiro atoms. The van der Waals surface area contributed by atoms with E-state index >= 15 is 0 Å². The van der Waals surface area contributed by atoms with Crippen molar-refractivity contribution in [3.63, 3.8) is 0 Å². The van der Waals surface area contributed by atoms with E-state index in [2.05, 4.69) is 568 Å². The lowest BCUT2D eigenvalue weighted by Crippen LogP contribution is -2.28. The molecule has 5 aliphatic rings. The van der Waals surface area contributed by atoms with Gasteiger partial charge in [-0.2, -0.15) is 0 Å². The summed E-state index contributed by atoms with van der Waals surface area (Å²) in [7, 11) is 0. The molecule has 135 heavy (non-hydrogen) atoms. The number of rotatable bonds is 15. The Labute approximate surface area is 791 Å². The lowest BCUT2D eigenvalue weighted by Gasteiger charge is -2.35. The molecule has 26 rings (SSSR count). The second-order valence-electron chi connectivity index (χ2n) is 36.4. The van der Waals surface area contributed by atoms with Gasteiger partial charge in [0.2, 0.25) is 0 Å². The van der Waals surface area contributed by atoms with Gasteiger partial charge in [-0.3, -0.25) is 0 Å². The number of anilines is 9. The first-order chi connectivity index (χ1) is 66.8. The van der Waals surface area contributed by atoms with Crippen LogP contribution >= 0.6 is 0 Å². The third-order valence-electron chi connectivity index (χ3n) is 29.0. The summed E-state index contributed by atoms with van der Waals surface area (Å²) in [5, 5.41) is 0. The number of benzene rings is 21. The molecule has 0 amide bonds. The molecule has 0 saturated carbocycles. The van der Waals surface area contributed by atoms with Gasteiger partial charge >= 0.3 is 0 Å². The van der Waals surface area contributed by atoms with Gasteiger partial charge in [-0.05, 0) is 265 Å². The second-order valence-corrected chi connectivity index (χ2v) is 36.4. The molecule has 0 heterocycles. The fourth-order valence-corrected chi connectivity index (χ4v) is 23.1. The molecule has 0 N–H and O–H groups in total. The molecular weight excluding hydrogens is 1630 g/mol. The standard InChI is InChI=1S/C52H37N.C43H31N.C37H27N/c1-51(2)45-20-10-6-16-39(45)43-30-28-37(32-49(43)51)53(36-26-24-35(25-27-36)34-14-4-3-5-15-34)38-29-31-44-42-19-9-13-23-48(42)52(50(44)33-38)46-21-11-7-17-40(46)41-18-8-12-22-47(41)52;1-5-15-32(16-6-1)33-25-27-37(28-26-33)44(36-21-11-4-12-22-36)38-29-30-40-39-23-13-14-24-41(39)43(42(40)31-38,34-17-7-2-8-18-34)35-19-9-3-10-20-35;1-5-15-28(16-6-1)37(29-17-7-2-8-18-29)35-24-14-13-23-33(35)34-26-25-32(27-36(34)37)38(30-19-9-3-10-20-30)31-21-11-4-12-22-31/h3-33H,1-2H3;1-31H;1-27H. The Bertz CT molecular complexity index is 7780. The summed E-state index contributed by atoms with van der Waals surface area (Å²) in [6, 6.07) is 197. The number of hydrogen-bond donors (Lipinski definition) is 0. The van der Waals surface area contributed by atoms with Crippen LogP contribution in [-0.2, 0) is 21.7 Å². The monoisotopic (exact) mass is 1720 g/mol. The van der Waals surface area contributed by atoms with Crippen molar-refractivity contribution < 1.29 is 0 Å². The molecular formula is C132H95N3. The smallest absolute Gasteiger partial charge is 0.0726 e. The van der Waals surface area contributed by atoms with Gasteiger partial charge < -0.3 is 14.7 Å². The van der Waals surface area contributed by atoms with Gasteiger partial charge in [-0.25, -0.2) is 0 Å². The molecule has 0 fully saturated rings. The molecule has 3 heteroatoms. The predicted molar refractivity (Wildman–Crippen MR) is 563 cm³/mol. The summed E-state index contributed by atoms with van der Waals surface area (Å²) in [6.45, 7) is 4.73. The Morgan fingerprint density at radius 2 is 0.304 bits per heavy atom. The molecule has 0 saturated heterocycles. The van der Waals surface area contributed by atoms with Crippen molar-refractivity contribution in [3.05, 3.63) is 618 Å². The number of nitrogens with zero attached hydrogens (tertiary/aromatic N) is 3. The van der Waals surface area contributed by atoms with Crippen molar-refractivity contribution in [1.29, 1.82) is 0 Å². The minimum Gasteiger partial charge on any atom is -0.310 e. The van der Waals surface area contributed by atoms with E-state index in [4.69, 9.17) is 0 Å². The van der Waals surface area contributed by atoms with E-state index in [1.54, 1.807) is 0 Å². The van der Waals surface area contributed by atoms with Crippen molar-refractivity contribution in [2.75, 3.05) is 14.7 Å². The zero-order valence-corrected chi connectivity index (χ0v) is 75.2. The third kappa shape index (κ3) is 13.3. The fourth-order valence-electron chi connectivity index (χ4n) is 23.1. The highest BCUT2D eigenvalue weighted by molar-refractivity contribution is 5.99. The van der Waals surface area contributed by atoms with Crippen LogP contribution in [0.15, 0.2) is 540 Å². The summed E-state index contributed by atoms with van der Waals surface area (Å²) >= 11 is 0. The van der Waals surface area contributed by atoms with E-state index in [-0.39, 0.29) is 5.41 Å². The van der Waals surface area contributed by atoms with E-state index in [0.29, 0.717) is 0 Å². The molecule has 5 aliphatic carbocycles. The SMILES string of the molecule is CC1(C)c2ccccc2-c2ccc(N(c3ccc(-c4ccccc4)cc3)c3ccc4c(c3)C3(c5ccccc5-c5ccccc53)c3ccccc3-4)cc21.c1ccc(-c2ccc(N(c3ccccc3)c3ccc4c(c3)C(c3ccccc3)(c3ccccc3)c3ccccc3-4)cc2)cc1.c1ccc(N(c2ccccc2)c2ccc3c(c2)C(c2ccccc2)(c2ccccc2)c2ccccc2-3)cc1. The zero-order chi connectivity index (χ0) is 90.0. The predicted octanol–water partition coefficient (Wildman–Crippen LogP) is 34.2. The highest BCUT2D eigenvalue weighted by atomic mass is 15.2. The molecule has 21 aromatic carbocycles. The van der Waals surface area contributed by atoms with Crippen LogP contribution < -0.4 is 14.7 Å². The summed E-state index contributed by atoms with van der Waals surface area (Å²) in [6.07, 6.45) is 0. The lowest BCUT2D eigenvalue weighted by atomic mass is 9.67. The fraction of sp³-hybridized carbons (Fsp3) is 0.0455. The zero-order valence-electron chi connectivity index (χ0n) is 75.2. The van der Waals surface area contributed by atoms with Gasteiger partial charge in [0.05, 0.1) is 16.2 Å². The molecule has 0 aromatic heterocycles. The molecule has 0 unspecified atom stereocenters. The average Bonchev–Trinajstić information content (AvgIpc) is 1.51. The molecule has 0 aliphatic heterocycles. The van der Waals surface area contributed by atoms with Crippen LogP contribution in [-0.4, -0.2) is 0 Å².